The molecule has 0 N–H and O–H groups in total. The van der Waals surface area contributed by atoms with Crippen molar-refractivity contribution in [1.29, 1.82) is 0 Å². The molecule has 0 aliphatic carbocycles. The smallest absolute Gasteiger partial charge is 0.334 e. The molecule has 0 bridgehead atoms. The van der Waals surface area contributed by atoms with Crippen LogP contribution in [0.25, 0.3) is 16.0 Å². The van der Waals surface area contributed by atoms with Crippen LogP contribution >= 0.6 is 15.9 Å². The highest BCUT2D eigenvalue weighted by Crippen LogP contribution is 2.43. The fourth-order valence-electron chi connectivity index (χ4n) is 2.39. The van der Waals surface area contributed by atoms with Crippen LogP contribution in [0.1, 0.15) is 23.6 Å². The second-order valence-corrected chi connectivity index (χ2v) is 5.71. The molecule has 0 saturated carbocycles. The predicted octanol–water partition coefficient (Wildman–Crippen LogP) is 4.84. The summed E-state index contributed by atoms with van der Waals surface area (Å²) in [5, 5.41) is 0. The van der Waals surface area contributed by atoms with Crippen molar-refractivity contribution in [3.05, 3.63) is 77.4 Å². The lowest BCUT2D eigenvalue weighted by molar-refractivity contribution is -0.137. The van der Waals surface area contributed by atoms with Gasteiger partial charge < -0.3 is 9.47 Å². The molecular weight excluding hydrogens is 356 g/mol. The van der Waals surface area contributed by atoms with E-state index < -0.39 is 5.97 Å². The maximum atomic E-state index is 11.8. The van der Waals surface area contributed by atoms with Crippen LogP contribution in [0.5, 0.6) is 0 Å². The molecule has 2 aromatic rings. The van der Waals surface area contributed by atoms with Gasteiger partial charge >= 0.3 is 5.97 Å². The maximum Gasteiger partial charge on any atom is 0.334 e. The van der Waals surface area contributed by atoms with Crippen molar-refractivity contribution in [3.63, 3.8) is 0 Å². The highest BCUT2D eigenvalue weighted by molar-refractivity contribution is 9.15. The lowest BCUT2D eigenvalue weighted by Crippen LogP contribution is -2.07. The molecule has 1 aliphatic heterocycles. The first-order valence-electron chi connectivity index (χ1n) is 7.32. The Morgan fingerprint density at radius 3 is 2.43 bits per heavy atom. The Hall–Kier alpha value is -2.33. The number of esters is 1. The lowest BCUT2D eigenvalue weighted by atomic mass is 10.00. The Morgan fingerprint density at radius 2 is 1.74 bits per heavy atom. The number of benzene rings is 2. The Labute approximate surface area is 143 Å². The van der Waals surface area contributed by atoms with Crippen LogP contribution < -0.4 is 0 Å². The van der Waals surface area contributed by atoms with Crippen molar-refractivity contribution < 1.29 is 14.3 Å². The number of carbonyl (C=O) groups excluding carboxylic acids is 1. The number of hydrogen-bond donors (Lipinski definition) is 0. The highest BCUT2D eigenvalue weighted by Gasteiger charge is 2.24. The molecule has 0 amide bonds. The first-order chi connectivity index (χ1) is 11.2. The van der Waals surface area contributed by atoms with Crippen LogP contribution in [-0.2, 0) is 14.3 Å². The molecule has 23 heavy (non-hydrogen) atoms. The number of ether oxygens (including phenoxy) is 2. The first-order valence-corrected chi connectivity index (χ1v) is 8.11. The van der Waals surface area contributed by atoms with Gasteiger partial charge in [0.15, 0.2) is 0 Å². The number of hydrogen-bond acceptors (Lipinski definition) is 3. The molecule has 116 valence electrons. The third-order valence-corrected chi connectivity index (χ3v) is 4.20. The summed E-state index contributed by atoms with van der Waals surface area (Å²) in [6.07, 6.45) is 1.39. The standard InChI is InChI=1S/C19H15BrO3/c1-2-22-17(21)12-16-14-10-6-7-11-15(14)18(20)19(23-16)13-8-4-3-5-9-13/h3-12H,2H2,1H3/b16-12-. The molecule has 1 heterocycles. The van der Waals surface area contributed by atoms with E-state index in [0.29, 0.717) is 18.1 Å². The first kappa shape index (κ1) is 15.6. The molecule has 0 atom stereocenters. The van der Waals surface area contributed by atoms with Crippen LogP contribution in [0.15, 0.2) is 60.7 Å². The Morgan fingerprint density at radius 1 is 1.09 bits per heavy atom. The van der Waals surface area contributed by atoms with Crippen molar-refractivity contribution in [1.82, 2.24) is 0 Å². The molecule has 0 unspecified atom stereocenters. The normalized spacial score (nSPS) is 15.1. The monoisotopic (exact) mass is 370 g/mol. The van der Waals surface area contributed by atoms with Gasteiger partial charge in [-0.2, -0.15) is 0 Å². The lowest BCUT2D eigenvalue weighted by Gasteiger charge is -2.23. The van der Waals surface area contributed by atoms with E-state index >= 15 is 0 Å². The molecule has 4 heteroatoms. The van der Waals surface area contributed by atoms with E-state index in [1.54, 1.807) is 6.92 Å². The third kappa shape index (κ3) is 3.22. The summed E-state index contributed by atoms with van der Waals surface area (Å²) in [6, 6.07) is 17.5. The van der Waals surface area contributed by atoms with Gasteiger partial charge in [0.2, 0.25) is 0 Å². The van der Waals surface area contributed by atoms with E-state index in [9.17, 15) is 4.79 Å². The Kier molecular flexibility index (Phi) is 4.63. The number of rotatable bonds is 3. The van der Waals surface area contributed by atoms with Gasteiger partial charge in [0.05, 0.1) is 17.2 Å². The second-order valence-electron chi connectivity index (χ2n) is 4.92. The molecular formula is C19H15BrO3. The van der Waals surface area contributed by atoms with Gasteiger partial charge in [0.1, 0.15) is 11.5 Å². The average molecular weight is 371 g/mol. The largest absolute Gasteiger partial charge is 0.463 e. The molecule has 2 aromatic carbocycles. The fraction of sp³-hybridized carbons (Fsp3) is 0.105. The third-order valence-electron chi connectivity index (χ3n) is 3.41. The van der Waals surface area contributed by atoms with Crippen LogP contribution in [0.3, 0.4) is 0 Å². The minimum atomic E-state index is -0.414. The molecule has 3 rings (SSSR count). The highest BCUT2D eigenvalue weighted by atomic mass is 79.9. The van der Waals surface area contributed by atoms with Crippen molar-refractivity contribution in [3.8, 4) is 0 Å². The van der Waals surface area contributed by atoms with Crippen LogP contribution in [-0.4, -0.2) is 12.6 Å². The maximum absolute atomic E-state index is 11.8. The van der Waals surface area contributed by atoms with Gasteiger partial charge in [-0.25, -0.2) is 4.79 Å². The molecule has 0 aromatic heterocycles. The van der Waals surface area contributed by atoms with Crippen molar-refractivity contribution in [2.75, 3.05) is 6.61 Å². The Balaban J connectivity index is 2.12. The van der Waals surface area contributed by atoms with Gasteiger partial charge in [0.25, 0.3) is 0 Å². The van der Waals surface area contributed by atoms with Crippen molar-refractivity contribution in [2.45, 2.75) is 6.92 Å². The predicted molar refractivity (Wildman–Crippen MR) is 94.3 cm³/mol. The van der Waals surface area contributed by atoms with Crippen LogP contribution in [0.2, 0.25) is 0 Å². The minimum Gasteiger partial charge on any atom is -0.463 e. The molecule has 0 saturated heterocycles. The van der Waals surface area contributed by atoms with Crippen molar-refractivity contribution in [2.24, 2.45) is 0 Å². The number of halogens is 1. The number of fused-ring (bicyclic) bond motifs is 1. The summed E-state index contributed by atoms with van der Waals surface area (Å²) < 4.78 is 11.9. The van der Waals surface area contributed by atoms with Gasteiger partial charge in [0, 0.05) is 16.7 Å². The van der Waals surface area contributed by atoms with E-state index in [-0.39, 0.29) is 0 Å². The van der Waals surface area contributed by atoms with Gasteiger partial charge in [-0.3, -0.25) is 0 Å². The van der Waals surface area contributed by atoms with Crippen LogP contribution in [0, 0.1) is 0 Å². The van der Waals surface area contributed by atoms with Crippen molar-refractivity contribution >= 4 is 37.9 Å². The molecule has 3 nitrogen and oxygen atoms in total. The van der Waals surface area contributed by atoms with E-state index in [0.717, 1.165) is 21.2 Å². The molecule has 0 fully saturated rings. The summed E-state index contributed by atoms with van der Waals surface area (Å²) in [5.41, 5.74) is 2.77. The molecule has 0 radical (unpaired) electrons. The quantitative estimate of drug-likeness (QED) is 0.572. The molecule has 1 aliphatic rings. The number of carbonyl (C=O) groups is 1. The summed E-state index contributed by atoms with van der Waals surface area (Å²) in [6.45, 7) is 2.10. The zero-order chi connectivity index (χ0) is 16.2. The SMILES string of the molecule is CCOC(=O)/C=C1\OC(c2ccccc2)=C(Br)c2ccccc21. The zero-order valence-corrected chi connectivity index (χ0v) is 14.2. The topological polar surface area (TPSA) is 35.5 Å². The summed E-state index contributed by atoms with van der Waals surface area (Å²) in [7, 11) is 0. The summed E-state index contributed by atoms with van der Waals surface area (Å²) in [5.74, 6) is 0.753. The second kappa shape index (κ2) is 6.84. The van der Waals surface area contributed by atoms with Gasteiger partial charge in [-0.15, -0.1) is 0 Å². The van der Waals surface area contributed by atoms with E-state index in [2.05, 4.69) is 15.9 Å². The average Bonchev–Trinajstić information content (AvgIpc) is 2.58. The minimum absolute atomic E-state index is 0.329. The Bertz CT molecular complexity index is 791. The summed E-state index contributed by atoms with van der Waals surface area (Å²) in [4.78, 5) is 11.8. The van der Waals surface area contributed by atoms with Gasteiger partial charge in [-0.1, -0.05) is 54.6 Å². The molecule has 0 spiro atoms. The fourth-order valence-corrected chi connectivity index (χ4v) is 3.05. The van der Waals surface area contributed by atoms with E-state index in [1.807, 2.05) is 54.6 Å². The zero-order valence-electron chi connectivity index (χ0n) is 12.6. The van der Waals surface area contributed by atoms with Gasteiger partial charge in [-0.05, 0) is 22.9 Å². The summed E-state index contributed by atoms with van der Waals surface area (Å²) >= 11 is 3.63. The van der Waals surface area contributed by atoms with E-state index in [1.165, 1.54) is 6.08 Å². The van der Waals surface area contributed by atoms with Crippen LogP contribution in [0.4, 0.5) is 0 Å². The van der Waals surface area contributed by atoms with E-state index in [4.69, 9.17) is 9.47 Å².